The highest BCUT2D eigenvalue weighted by Crippen LogP contribution is 2.25. The maximum atomic E-state index is 9.62. The first-order chi connectivity index (χ1) is 7.80. The Morgan fingerprint density at radius 1 is 1.24 bits per heavy atom. The molecule has 0 aromatic heterocycles. The summed E-state index contributed by atoms with van der Waals surface area (Å²) in [6.07, 6.45) is 0. The van der Waals surface area contributed by atoms with Gasteiger partial charge in [-0.05, 0) is 23.9 Å². The van der Waals surface area contributed by atoms with Gasteiger partial charge in [0.1, 0.15) is 11.5 Å². The Kier molecular flexibility index (Phi) is 4.40. The predicted octanol–water partition coefficient (Wildman–Crippen LogP) is 2.87. The highest BCUT2D eigenvalue weighted by molar-refractivity contribution is 5.38. The van der Waals surface area contributed by atoms with E-state index in [2.05, 4.69) is 33.0 Å². The minimum absolute atomic E-state index is 0.0920. The van der Waals surface area contributed by atoms with Crippen molar-refractivity contribution < 1.29 is 10.2 Å². The molecule has 0 radical (unpaired) electrons. The summed E-state index contributed by atoms with van der Waals surface area (Å²) < 4.78 is 0. The fourth-order valence-electron chi connectivity index (χ4n) is 1.43. The lowest BCUT2D eigenvalue weighted by atomic mass is 9.82. The quantitative estimate of drug-likeness (QED) is 0.754. The Labute approximate surface area is 103 Å². The number of phenolic OH excluding ortho intramolecular Hbond substituents is 2. The van der Waals surface area contributed by atoms with Crippen LogP contribution in [0.5, 0.6) is 11.5 Å². The smallest absolute Gasteiger partial charge is 0.123 e. The van der Waals surface area contributed by atoms with Crippen LogP contribution in [0.4, 0.5) is 0 Å². The average molecular weight is 237 g/mol. The lowest BCUT2D eigenvalue weighted by Crippen LogP contribution is -2.29. The first-order valence-corrected chi connectivity index (χ1v) is 6.02. The van der Waals surface area contributed by atoms with E-state index in [0.29, 0.717) is 12.5 Å². The third kappa shape index (κ3) is 4.27. The Bertz CT molecular complexity index is 369. The summed E-state index contributed by atoms with van der Waals surface area (Å²) >= 11 is 0. The van der Waals surface area contributed by atoms with Crippen LogP contribution in [0.25, 0.3) is 0 Å². The SMILES string of the molecule is CC(CNCc1ccc(O)cc1O)C(C)(C)C. The van der Waals surface area contributed by atoms with Crippen molar-refractivity contribution >= 4 is 0 Å². The molecule has 1 aromatic carbocycles. The van der Waals surface area contributed by atoms with Gasteiger partial charge in [-0.2, -0.15) is 0 Å². The maximum absolute atomic E-state index is 9.62. The van der Waals surface area contributed by atoms with Gasteiger partial charge in [0.05, 0.1) is 0 Å². The Morgan fingerprint density at radius 2 is 1.88 bits per heavy atom. The van der Waals surface area contributed by atoms with Crippen molar-refractivity contribution in [1.29, 1.82) is 0 Å². The summed E-state index contributed by atoms with van der Waals surface area (Å²) in [6.45, 7) is 10.4. The third-order valence-electron chi connectivity index (χ3n) is 3.31. The molecule has 1 rings (SSSR count). The molecule has 3 nitrogen and oxygen atoms in total. The summed E-state index contributed by atoms with van der Waals surface area (Å²) in [4.78, 5) is 0. The van der Waals surface area contributed by atoms with Crippen molar-refractivity contribution in [2.45, 2.75) is 34.2 Å². The highest BCUT2D eigenvalue weighted by Gasteiger charge is 2.19. The zero-order chi connectivity index (χ0) is 13.1. The van der Waals surface area contributed by atoms with Crippen molar-refractivity contribution in [3.63, 3.8) is 0 Å². The molecule has 0 bridgehead atoms. The number of benzene rings is 1. The van der Waals surface area contributed by atoms with Crippen LogP contribution in [-0.2, 0) is 6.54 Å². The molecule has 0 spiro atoms. The molecule has 0 saturated carbocycles. The highest BCUT2D eigenvalue weighted by atomic mass is 16.3. The van der Waals surface area contributed by atoms with Crippen molar-refractivity contribution in [3.8, 4) is 11.5 Å². The fraction of sp³-hybridized carbons (Fsp3) is 0.571. The van der Waals surface area contributed by atoms with Gasteiger partial charge in [-0.1, -0.05) is 33.8 Å². The van der Waals surface area contributed by atoms with Crippen LogP contribution in [0.1, 0.15) is 33.3 Å². The van der Waals surface area contributed by atoms with E-state index in [1.165, 1.54) is 6.07 Å². The predicted molar refractivity (Wildman–Crippen MR) is 70.1 cm³/mol. The van der Waals surface area contributed by atoms with Gasteiger partial charge < -0.3 is 15.5 Å². The van der Waals surface area contributed by atoms with Crippen molar-refractivity contribution in [1.82, 2.24) is 5.32 Å². The van der Waals surface area contributed by atoms with Crippen molar-refractivity contribution in [2.75, 3.05) is 6.54 Å². The van der Waals surface area contributed by atoms with E-state index in [1.54, 1.807) is 12.1 Å². The van der Waals surface area contributed by atoms with E-state index in [9.17, 15) is 10.2 Å². The monoisotopic (exact) mass is 237 g/mol. The van der Waals surface area contributed by atoms with E-state index in [-0.39, 0.29) is 16.9 Å². The number of aromatic hydroxyl groups is 2. The van der Waals surface area contributed by atoms with Crippen LogP contribution in [0.2, 0.25) is 0 Å². The zero-order valence-corrected chi connectivity index (χ0v) is 11.1. The van der Waals surface area contributed by atoms with Gasteiger partial charge in [0.25, 0.3) is 0 Å². The van der Waals surface area contributed by atoms with Crippen LogP contribution in [-0.4, -0.2) is 16.8 Å². The molecule has 0 aliphatic heterocycles. The lowest BCUT2D eigenvalue weighted by Gasteiger charge is -2.27. The minimum atomic E-state index is 0.0920. The Hall–Kier alpha value is -1.22. The molecular formula is C14H23NO2. The Morgan fingerprint density at radius 3 is 2.41 bits per heavy atom. The number of hydrogen-bond donors (Lipinski definition) is 3. The molecule has 0 fully saturated rings. The number of hydrogen-bond acceptors (Lipinski definition) is 3. The molecule has 3 N–H and O–H groups in total. The number of nitrogens with one attached hydrogen (secondary N) is 1. The first kappa shape index (κ1) is 13.8. The van der Waals surface area contributed by atoms with Gasteiger partial charge in [0.15, 0.2) is 0 Å². The normalized spacial score (nSPS) is 13.6. The Balaban J connectivity index is 2.46. The van der Waals surface area contributed by atoms with E-state index in [4.69, 9.17) is 0 Å². The molecule has 0 heterocycles. The number of rotatable bonds is 4. The standard InChI is InChI=1S/C14H23NO2/c1-10(14(2,3)4)8-15-9-11-5-6-12(16)7-13(11)17/h5-7,10,15-17H,8-9H2,1-4H3. The van der Waals surface area contributed by atoms with Gasteiger partial charge in [-0.25, -0.2) is 0 Å². The van der Waals surface area contributed by atoms with Crippen molar-refractivity contribution in [2.24, 2.45) is 11.3 Å². The fourth-order valence-corrected chi connectivity index (χ4v) is 1.43. The molecule has 0 saturated heterocycles. The second-order valence-corrected chi connectivity index (χ2v) is 5.71. The molecular weight excluding hydrogens is 214 g/mol. The van der Waals surface area contributed by atoms with Crippen LogP contribution in [0.3, 0.4) is 0 Å². The molecule has 1 unspecified atom stereocenters. The average Bonchev–Trinajstić information content (AvgIpc) is 2.19. The number of phenols is 2. The molecule has 1 atom stereocenters. The minimum Gasteiger partial charge on any atom is -0.508 e. The van der Waals surface area contributed by atoms with E-state index < -0.39 is 0 Å². The van der Waals surface area contributed by atoms with Crippen LogP contribution < -0.4 is 5.32 Å². The maximum Gasteiger partial charge on any atom is 0.123 e. The summed E-state index contributed by atoms with van der Waals surface area (Å²) in [5, 5.41) is 22.1. The molecule has 96 valence electrons. The van der Waals surface area contributed by atoms with Crippen molar-refractivity contribution in [3.05, 3.63) is 23.8 Å². The van der Waals surface area contributed by atoms with Gasteiger partial charge in [-0.3, -0.25) is 0 Å². The third-order valence-corrected chi connectivity index (χ3v) is 3.31. The van der Waals surface area contributed by atoms with Crippen LogP contribution in [0, 0.1) is 11.3 Å². The van der Waals surface area contributed by atoms with Gasteiger partial charge in [0, 0.05) is 18.2 Å². The van der Waals surface area contributed by atoms with Gasteiger partial charge in [-0.15, -0.1) is 0 Å². The van der Waals surface area contributed by atoms with Crippen LogP contribution >= 0.6 is 0 Å². The second kappa shape index (κ2) is 5.41. The molecule has 17 heavy (non-hydrogen) atoms. The summed E-state index contributed by atoms with van der Waals surface area (Å²) in [5.74, 6) is 0.789. The molecule has 3 heteroatoms. The molecule has 1 aromatic rings. The first-order valence-electron chi connectivity index (χ1n) is 6.02. The molecule has 0 aliphatic rings. The topological polar surface area (TPSA) is 52.5 Å². The van der Waals surface area contributed by atoms with Crippen LogP contribution in [0.15, 0.2) is 18.2 Å². The summed E-state index contributed by atoms with van der Waals surface area (Å²) in [6, 6.07) is 4.69. The zero-order valence-electron chi connectivity index (χ0n) is 11.1. The summed E-state index contributed by atoms with van der Waals surface area (Å²) in [7, 11) is 0. The molecule has 0 amide bonds. The van der Waals surface area contributed by atoms with Gasteiger partial charge >= 0.3 is 0 Å². The van der Waals surface area contributed by atoms with E-state index >= 15 is 0 Å². The second-order valence-electron chi connectivity index (χ2n) is 5.71. The summed E-state index contributed by atoms with van der Waals surface area (Å²) in [5.41, 5.74) is 1.09. The molecule has 0 aliphatic carbocycles. The van der Waals surface area contributed by atoms with Gasteiger partial charge in [0.2, 0.25) is 0 Å². The lowest BCUT2D eigenvalue weighted by molar-refractivity contribution is 0.252. The van der Waals surface area contributed by atoms with E-state index in [1.807, 2.05) is 0 Å². The largest absolute Gasteiger partial charge is 0.508 e. The van der Waals surface area contributed by atoms with E-state index in [0.717, 1.165) is 12.1 Å².